The summed E-state index contributed by atoms with van der Waals surface area (Å²) in [5.41, 5.74) is 3.66. The number of hydrogen-bond acceptors (Lipinski definition) is 8. The molecule has 16 heteroatoms. The van der Waals surface area contributed by atoms with Crippen molar-refractivity contribution < 1.29 is 33.7 Å². The molecule has 0 N–H and O–H groups in total. The second kappa shape index (κ2) is 20.7. The lowest BCUT2D eigenvalue weighted by Crippen LogP contribution is -2.38. The number of nitrogens with zero attached hydrogens (tertiary/aromatic N) is 4. The number of aryl methyl sites for hydroxylation is 4. The van der Waals surface area contributed by atoms with Crippen molar-refractivity contribution in [2.45, 2.75) is 86.8 Å². The van der Waals surface area contributed by atoms with Crippen LogP contribution in [0.4, 0.5) is 0 Å². The van der Waals surface area contributed by atoms with Crippen LogP contribution in [0.25, 0.3) is 0 Å². The summed E-state index contributed by atoms with van der Waals surface area (Å²) in [4.78, 5) is 0.568. The molecule has 0 unspecified atom stereocenters. The maximum atomic E-state index is 14.0. The minimum absolute atomic E-state index is 0.0455. The molecule has 4 aromatic carbocycles. The van der Waals surface area contributed by atoms with Gasteiger partial charge < -0.3 is 0 Å². The third-order valence-electron chi connectivity index (χ3n) is 10.0. The Balaban J connectivity index is 1.50. The second-order valence-corrected chi connectivity index (χ2v) is 22.2. The molecule has 0 amide bonds. The normalized spacial score (nSPS) is 12.9. The molecule has 0 radical (unpaired) electrons. The average Bonchev–Trinajstić information content (AvgIpc) is 3.18. The standard InChI is InChI=1S/C42H58N4O8S4/c1-7-43(55(47,48)39-21-13-35(3)14-22-39)31-11-33-45(57(51,52)41-25-17-37(5)18-26-41)29-9-10-30-46(58(53,54)42-27-19-38(6)20-28-42)34-12-32-44(8-2)56(49,50)40-23-15-36(4)16-24-40/h13-28H,7-12,29-34H2,1-6H3. The predicted molar refractivity (Wildman–Crippen MR) is 230 cm³/mol. The summed E-state index contributed by atoms with van der Waals surface area (Å²) in [7, 11) is -15.6. The summed E-state index contributed by atoms with van der Waals surface area (Å²) in [6.45, 7) is 11.8. The highest BCUT2D eigenvalue weighted by molar-refractivity contribution is 7.90. The maximum absolute atomic E-state index is 14.0. The first-order valence-electron chi connectivity index (χ1n) is 19.6. The molecular weight excluding hydrogens is 817 g/mol. The van der Waals surface area contributed by atoms with E-state index in [1.807, 2.05) is 27.7 Å². The third kappa shape index (κ3) is 12.1. The number of rotatable bonds is 23. The van der Waals surface area contributed by atoms with Gasteiger partial charge in [-0.25, -0.2) is 33.7 Å². The molecule has 0 aliphatic carbocycles. The third-order valence-corrected chi connectivity index (χ3v) is 17.8. The Kier molecular flexibility index (Phi) is 16.8. The molecular formula is C42H58N4O8S4. The summed E-state index contributed by atoms with van der Waals surface area (Å²) in [5.74, 6) is 0. The molecule has 0 spiro atoms. The fourth-order valence-corrected chi connectivity index (χ4v) is 12.5. The monoisotopic (exact) mass is 874 g/mol. The number of benzene rings is 4. The molecule has 0 aromatic heterocycles. The van der Waals surface area contributed by atoms with E-state index in [0.29, 0.717) is 12.8 Å². The van der Waals surface area contributed by atoms with Gasteiger partial charge >= 0.3 is 0 Å². The van der Waals surface area contributed by atoms with Crippen molar-refractivity contribution in [2.24, 2.45) is 0 Å². The van der Waals surface area contributed by atoms with E-state index in [1.54, 1.807) is 111 Å². The summed E-state index contributed by atoms with van der Waals surface area (Å²) < 4.78 is 115. The van der Waals surface area contributed by atoms with E-state index >= 15 is 0 Å². The van der Waals surface area contributed by atoms with Gasteiger partial charge in [-0.2, -0.15) is 17.2 Å². The minimum atomic E-state index is -3.99. The molecule has 0 aliphatic heterocycles. The minimum Gasteiger partial charge on any atom is -0.207 e. The van der Waals surface area contributed by atoms with Gasteiger partial charge in [0.15, 0.2) is 0 Å². The molecule has 0 fully saturated rings. The van der Waals surface area contributed by atoms with Gasteiger partial charge in [0, 0.05) is 52.4 Å². The molecule has 58 heavy (non-hydrogen) atoms. The molecule has 318 valence electrons. The fourth-order valence-electron chi connectivity index (χ4n) is 6.46. The highest BCUT2D eigenvalue weighted by Gasteiger charge is 2.29. The van der Waals surface area contributed by atoms with Gasteiger partial charge in [0.1, 0.15) is 0 Å². The Morgan fingerprint density at radius 3 is 0.724 bits per heavy atom. The predicted octanol–water partition coefficient (Wildman–Crippen LogP) is 6.58. The average molecular weight is 875 g/mol. The van der Waals surface area contributed by atoms with Crippen LogP contribution in [0.1, 0.15) is 61.8 Å². The van der Waals surface area contributed by atoms with Crippen LogP contribution in [0.2, 0.25) is 0 Å². The van der Waals surface area contributed by atoms with E-state index in [1.165, 1.54) is 17.2 Å². The van der Waals surface area contributed by atoms with E-state index in [4.69, 9.17) is 0 Å². The lowest BCUT2D eigenvalue weighted by molar-refractivity contribution is 0.339. The number of hydrogen-bond donors (Lipinski definition) is 0. The van der Waals surface area contributed by atoms with Crippen LogP contribution in [-0.2, 0) is 40.1 Å². The van der Waals surface area contributed by atoms with Gasteiger partial charge in [-0.1, -0.05) is 84.6 Å². The van der Waals surface area contributed by atoms with Crippen molar-refractivity contribution in [3.05, 3.63) is 119 Å². The summed E-state index contributed by atoms with van der Waals surface area (Å²) in [5, 5.41) is 0. The number of sulfonamides is 4. The summed E-state index contributed by atoms with van der Waals surface area (Å²) >= 11 is 0. The van der Waals surface area contributed by atoms with E-state index in [-0.39, 0.29) is 84.8 Å². The zero-order valence-corrected chi connectivity index (χ0v) is 37.7. The van der Waals surface area contributed by atoms with E-state index in [0.717, 1.165) is 22.3 Å². The van der Waals surface area contributed by atoms with Crippen LogP contribution >= 0.6 is 0 Å². The summed E-state index contributed by atoms with van der Waals surface area (Å²) in [6.07, 6.45) is 1.09. The largest absolute Gasteiger partial charge is 0.243 e. The van der Waals surface area contributed by atoms with Crippen molar-refractivity contribution in [3.8, 4) is 0 Å². The van der Waals surface area contributed by atoms with Crippen LogP contribution in [0.5, 0.6) is 0 Å². The maximum Gasteiger partial charge on any atom is 0.243 e. The quantitative estimate of drug-likeness (QED) is 0.0759. The first-order chi connectivity index (χ1) is 27.3. The van der Waals surface area contributed by atoms with Crippen LogP contribution in [0.3, 0.4) is 0 Å². The van der Waals surface area contributed by atoms with Crippen molar-refractivity contribution in [1.29, 1.82) is 0 Å². The molecule has 0 saturated carbocycles. The Bertz CT molecular complexity index is 2200. The van der Waals surface area contributed by atoms with Crippen LogP contribution in [0, 0.1) is 27.7 Å². The molecule has 12 nitrogen and oxygen atoms in total. The topological polar surface area (TPSA) is 150 Å². The molecule has 4 rings (SSSR count). The number of unbranched alkanes of at least 4 members (excludes halogenated alkanes) is 1. The molecule has 0 aliphatic rings. The van der Waals surface area contributed by atoms with E-state index in [9.17, 15) is 33.7 Å². The highest BCUT2D eigenvalue weighted by atomic mass is 32.2. The lowest BCUT2D eigenvalue weighted by atomic mass is 10.2. The Hall–Kier alpha value is -3.48. The van der Waals surface area contributed by atoms with Crippen molar-refractivity contribution >= 4 is 40.1 Å². The van der Waals surface area contributed by atoms with Crippen LogP contribution in [-0.4, -0.2) is 103 Å². The SMILES string of the molecule is CCN(CCCN(CCCCN(CCCN(CC)S(=O)(=O)c1ccc(C)cc1)S(=O)(=O)c1ccc(C)cc1)S(=O)(=O)c1ccc(C)cc1)S(=O)(=O)c1ccc(C)cc1. The van der Waals surface area contributed by atoms with Gasteiger partial charge in [0.2, 0.25) is 40.1 Å². The second-order valence-electron chi connectivity index (χ2n) is 14.5. The Morgan fingerprint density at radius 2 is 0.500 bits per heavy atom. The molecule has 0 bridgehead atoms. The van der Waals surface area contributed by atoms with Crippen molar-refractivity contribution in [3.63, 3.8) is 0 Å². The van der Waals surface area contributed by atoms with Crippen LogP contribution < -0.4 is 0 Å². The first-order valence-corrected chi connectivity index (χ1v) is 25.4. The Labute approximate surface area is 347 Å². The molecule has 0 saturated heterocycles. The first kappa shape index (κ1) is 47.2. The summed E-state index contributed by atoms with van der Waals surface area (Å²) in [6, 6.07) is 26.3. The zero-order valence-electron chi connectivity index (χ0n) is 34.4. The smallest absolute Gasteiger partial charge is 0.207 e. The zero-order chi connectivity index (χ0) is 42.7. The van der Waals surface area contributed by atoms with Crippen molar-refractivity contribution in [1.82, 2.24) is 17.2 Å². The van der Waals surface area contributed by atoms with Crippen LogP contribution in [0.15, 0.2) is 117 Å². The highest BCUT2D eigenvalue weighted by Crippen LogP contribution is 2.23. The lowest BCUT2D eigenvalue weighted by Gasteiger charge is -2.26. The fraction of sp³-hybridized carbons (Fsp3) is 0.429. The van der Waals surface area contributed by atoms with Crippen molar-refractivity contribution in [2.75, 3.05) is 52.4 Å². The van der Waals surface area contributed by atoms with Gasteiger partial charge in [0.25, 0.3) is 0 Å². The van der Waals surface area contributed by atoms with E-state index < -0.39 is 40.1 Å². The van der Waals surface area contributed by atoms with Gasteiger partial charge in [-0.15, -0.1) is 0 Å². The van der Waals surface area contributed by atoms with Gasteiger partial charge in [-0.05, 0) is 102 Å². The van der Waals surface area contributed by atoms with E-state index in [2.05, 4.69) is 0 Å². The Morgan fingerprint density at radius 1 is 0.310 bits per heavy atom. The van der Waals surface area contributed by atoms with Gasteiger partial charge in [0.05, 0.1) is 19.6 Å². The molecule has 0 heterocycles. The molecule has 4 aromatic rings. The molecule has 0 atom stereocenters. The van der Waals surface area contributed by atoms with Gasteiger partial charge in [-0.3, -0.25) is 0 Å².